The van der Waals surface area contributed by atoms with Gasteiger partial charge in [0.2, 0.25) is 5.12 Å². The fourth-order valence-corrected chi connectivity index (χ4v) is 3.98. The van der Waals surface area contributed by atoms with Gasteiger partial charge in [-0.1, -0.05) is 40.9 Å². The van der Waals surface area contributed by atoms with Crippen LogP contribution >= 0.6 is 69.2 Å². The fourth-order valence-electron chi connectivity index (χ4n) is 1.95. The van der Waals surface area contributed by atoms with E-state index in [1.807, 2.05) is 12.1 Å². The molecule has 0 aliphatic carbocycles. The van der Waals surface area contributed by atoms with Crippen molar-refractivity contribution in [2.75, 3.05) is 0 Å². The van der Waals surface area contributed by atoms with Gasteiger partial charge in [-0.2, -0.15) is 0 Å². The quantitative estimate of drug-likeness (QED) is 0.362. The summed E-state index contributed by atoms with van der Waals surface area (Å²) in [5.74, 6) is 0. The fraction of sp³-hybridized carbons (Fsp3) is 0. The summed E-state index contributed by atoms with van der Waals surface area (Å²) in [4.78, 5) is 16.6. The van der Waals surface area contributed by atoms with Crippen molar-refractivity contribution in [3.63, 3.8) is 0 Å². The molecule has 2 aromatic carbocycles. The number of hydrogen-bond acceptors (Lipinski definition) is 3. The third kappa shape index (κ3) is 3.94. The number of carbonyl (C=O) groups excluding carboxylic acids is 1. The second-order valence-corrected chi connectivity index (χ2v) is 8.08. The predicted molar refractivity (Wildman–Crippen MR) is 108 cm³/mol. The zero-order valence-electron chi connectivity index (χ0n) is 11.3. The van der Waals surface area contributed by atoms with E-state index in [2.05, 4.69) is 27.6 Å². The molecule has 0 amide bonds. The SMILES string of the molecule is O=C1SC(c2cc(I)ccc2Cl)=N/C1=C/c1ccc(Cl)cc1Cl. The Kier molecular flexibility index (Phi) is 5.38. The highest BCUT2D eigenvalue weighted by Gasteiger charge is 2.25. The topological polar surface area (TPSA) is 29.4 Å². The van der Waals surface area contributed by atoms with Gasteiger partial charge in [0.15, 0.2) is 0 Å². The second-order valence-electron chi connectivity index (χ2n) is 4.63. The molecule has 1 heterocycles. The van der Waals surface area contributed by atoms with Crippen molar-refractivity contribution in [2.45, 2.75) is 0 Å². The first-order valence-corrected chi connectivity index (χ1v) is 9.40. The Morgan fingerprint density at radius 2 is 1.83 bits per heavy atom. The molecule has 0 atom stereocenters. The number of rotatable bonds is 2. The van der Waals surface area contributed by atoms with Crippen molar-refractivity contribution < 1.29 is 4.79 Å². The summed E-state index contributed by atoms with van der Waals surface area (Å²) < 4.78 is 1.02. The van der Waals surface area contributed by atoms with Gasteiger partial charge in [-0.05, 0) is 76.3 Å². The molecule has 1 aliphatic rings. The average molecular weight is 495 g/mol. The molecule has 23 heavy (non-hydrogen) atoms. The average Bonchev–Trinajstić information content (AvgIpc) is 2.85. The Morgan fingerprint density at radius 3 is 2.57 bits per heavy atom. The molecule has 0 unspecified atom stereocenters. The van der Waals surface area contributed by atoms with Crippen molar-refractivity contribution in [3.05, 3.63) is 71.9 Å². The molecule has 0 radical (unpaired) electrons. The van der Waals surface area contributed by atoms with Crippen molar-refractivity contribution >= 4 is 85.4 Å². The lowest BCUT2D eigenvalue weighted by atomic mass is 10.2. The van der Waals surface area contributed by atoms with Crippen molar-refractivity contribution in [1.29, 1.82) is 0 Å². The maximum absolute atomic E-state index is 12.2. The van der Waals surface area contributed by atoms with E-state index in [1.54, 1.807) is 30.3 Å². The molecule has 0 aromatic heterocycles. The van der Waals surface area contributed by atoms with Crippen LogP contribution in [0.5, 0.6) is 0 Å². The van der Waals surface area contributed by atoms with Gasteiger partial charge in [0.05, 0.1) is 5.02 Å². The Balaban J connectivity index is 2.01. The molecule has 0 bridgehead atoms. The molecule has 2 nitrogen and oxygen atoms in total. The number of thioether (sulfide) groups is 1. The van der Waals surface area contributed by atoms with Gasteiger partial charge in [0.25, 0.3) is 0 Å². The minimum absolute atomic E-state index is 0.138. The van der Waals surface area contributed by atoms with Crippen molar-refractivity contribution in [1.82, 2.24) is 0 Å². The molecular weight excluding hydrogens is 488 g/mol. The molecule has 116 valence electrons. The monoisotopic (exact) mass is 493 g/mol. The van der Waals surface area contributed by atoms with Gasteiger partial charge in [-0.15, -0.1) is 0 Å². The van der Waals surface area contributed by atoms with Crippen LogP contribution in [0.25, 0.3) is 6.08 Å². The summed E-state index contributed by atoms with van der Waals surface area (Å²) in [5.41, 5.74) is 1.78. The lowest BCUT2D eigenvalue weighted by molar-refractivity contribution is -0.107. The lowest BCUT2D eigenvalue weighted by Crippen LogP contribution is -1.95. The Hall–Kier alpha value is -0.530. The number of hydrogen-bond donors (Lipinski definition) is 0. The lowest BCUT2D eigenvalue weighted by Gasteiger charge is -2.02. The van der Waals surface area contributed by atoms with Gasteiger partial charge < -0.3 is 0 Å². The molecule has 7 heteroatoms. The standard InChI is InChI=1S/C16H7Cl3INOS/c17-9-2-1-8(13(19)6-9)5-14-16(22)23-15(21-14)11-7-10(20)3-4-12(11)18/h1-7H/b14-5+. The highest BCUT2D eigenvalue weighted by Crippen LogP contribution is 2.33. The van der Waals surface area contributed by atoms with Crippen LogP contribution in [0.2, 0.25) is 15.1 Å². The smallest absolute Gasteiger partial charge is 0.244 e. The normalized spacial score (nSPS) is 16.1. The summed E-state index contributed by atoms with van der Waals surface area (Å²) >= 11 is 21.5. The van der Waals surface area contributed by atoms with E-state index in [0.29, 0.717) is 31.4 Å². The van der Waals surface area contributed by atoms with Crippen LogP contribution in [0.3, 0.4) is 0 Å². The van der Waals surface area contributed by atoms with Crippen LogP contribution in [-0.2, 0) is 4.79 Å². The largest absolute Gasteiger partial charge is 0.279 e. The zero-order chi connectivity index (χ0) is 16.6. The molecule has 0 spiro atoms. The Bertz CT molecular complexity index is 880. The van der Waals surface area contributed by atoms with Gasteiger partial charge in [-0.25, -0.2) is 4.99 Å². The van der Waals surface area contributed by atoms with Crippen LogP contribution in [0.4, 0.5) is 0 Å². The van der Waals surface area contributed by atoms with Gasteiger partial charge in [0, 0.05) is 19.2 Å². The third-order valence-corrected chi connectivity index (χ3v) is 5.50. The molecule has 2 aromatic rings. The summed E-state index contributed by atoms with van der Waals surface area (Å²) in [6, 6.07) is 10.7. The number of halogens is 4. The summed E-state index contributed by atoms with van der Waals surface area (Å²) in [6.45, 7) is 0. The third-order valence-electron chi connectivity index (χ3n) is 3.03. The van der Waals surface area contributed by atoms with E-state index in [0.717, 1.165) is 20.9 Å². The molecule has 3 rings (SSSR count). The minimum Gasteiger partial charge on any atom is -0.279 e. The maximum atomic E-state index is 12.2. The van der Waals surface area contributed by atoms with Gasteiger partial charge in [0.1, 0.15) is 10.7 Å². The maximum Gasteiger partial charge on any atom is 0.244 e. The molecular formula is C16H7Cl3INOS. The summed E-state index contributed by atoms with van der Waals surface area (Å²) in [5, 5.41) is 2.03. The molecule has 1 aliphatic heterocycles. The summed E-state index contributed by atoms with van der Waals surface area (Å²) in [6.07, 6.45) is 1.66. The van der Waals surface area contributed by atoms with Gasteiger partial charge >= 0.3 is 0 Å². The van der Waals surface area contributed by atoms with Crippen molar-refractivity contribution in [2.24, 2.45) is 4.99 Å². The number of carbonyl (C=O) groups is 1. The van der Waals surface area contributed by atoms with E-state index in [1.165, 1.54) is 0 Å². The van der Waals surface area contributed by atoms with E-state index in [9.17, 15) is 4.79 Å². The highest BCUT2D eigenvalue weighted by atomic mass is 127. The first-order chi connectivity index (χ1) is 10.9. The summed E-state index contributed by atoms with van der Waals surface area (Å²) in [7, 11) is 0. The Morgan fingerprint density at radius 1 is 1.04 bits per heavy atom. The van der Waals surface area contributed by atoms with Crippen LogP contribution in [0.1, 0.15) is 11.1 Å². The number of nitrogens with zero attached hydrogens (tertiary/aromatic N) is 1. The Labute approximate surface area is 166 Å². The highest BCUT2D eigenvalue weighted by molar-refractivity contribution is 14.1. The van der Waals surface area contributed by atoms with Crippen LogP contribution < -0.4 is 0 Å². The second kappa shape index (κ2) is 7.15. The van der Waals surface area contributed by atoms with Crippen LogP contribution in [0, 0.1) is 3.57 Å². The van der Waals surface area contributed by atoms with Crippen LogP contribution in [0.15, 0.2) is 47.1 Å². The van der Waals surface area contributed by atoms with E-state index < -0.39 is 0 Å². The molecule has 0 fully saturated rings. The van der Waals surface area contributed by atoms with E-state index in [4.69, 9.17) is 34.8 Å². The van der Waals surface area contributed by atoms with E-state index in [-0.39, 0.29) is 5.12 Å². The number of benzene rings is 2. The first-order valence-electron chi connectivity index (χ1n) is 6.37. The molecule has 0 N–H and O–H groups in total. The van der Waals surface area contributed by atoms with Crippen molar-refractivity contribution in [3.8, 4) is 0 Å². The number of aliphatic imine (C=N–C) groups is 1. The van der Waals surface area contributed by atoms with Gasteiger partial charge in [-0.3, -0.25) is 4.79 Å². The predicted octanol–water partition coefficient (Wildman–Crippen LogP) is 6.31. The van der Waals surface area contributed by atoms with E-state index >= 15 is 0 Å². The van der Waals surface area contributed by atoms with Crippen LogP contribution in [-0.4, -0.2) is 10.2 Å². The molecule has 0 saturated heterocycles. The minimum atomic E-state index is -0.138. The first kappa shape index (κ1) is 17.3. The zero-order valence-corrected chi connectivity index (χ0v) is 16.6. The molecule has 0 saturated carbocycles.